The van der Waals surface area contributed by atoms with E-state index in [1.807, 2.05) is 43.6 Å². The van der Waals surface area contributed by atoms with E-state index >= 15 is 0 Å². The molecule has 0 unspecified atom stereocenters. The van der Waals surface area contributed by atoms with Gasteiger partial charge in [-0.2, -0.15) is 5.10 Å². The standard InChI is InChI=1S/C19H22N6OS.C4H10.H2/c1-14-12-16-18(21-13-14)15(5-11-26-16)22-23-19(27)25-9-7-24(8-10-25)17-4-2-3-6-20-17;1-3-4-2;/h2-4,6,12-13H,5,7-11H2,1H3,(H,23,27);3-4H2,1-2H3;1H/b22-15-;;. The lowest BCUT2D eigenvalue weighted by Crippen LogP contribution is -2.51. The molecular weight excluding hydrogens is 408 g/mol. The lowest BCUT2D eigenvalue weighted by molar-refractivity contribution is 0.317. The van der Waals surface area contributed by atoms with Crippen LogP contribution in [0.5, 0.6) is 5.75 Å². The van der Waals surface area contributed by atoms with Crippen LogP contribution in [0.2, 0.25) is 0 Å². The van der Waals surface area contributed by atoms with Crippen LogP contribution in [0.1, 0.15) is 45.8 Å². The number of ether oxygens (including phenoxy) is 1. The fourth-order valence-electron chi connectivity index (χ4n) is 3.22. The molecule has 4 rings (SSSR count). The van der Waals surface area contributed by atoms with Gasteiger partial charge < -0.3 is 14.5 Å². The molecular formula is C23H34N6OS. The zero-order valence-electron chi connectivity index (χ0n) is 18.7. The molecule has 0 amide bonds. The molecule has 0 bridgehead atoms. The van der Waals surface area contributed by atoms with E-state index in [0.29, 0.717) is 18.1 Å². The van der Waals surface area contributed by atoms with Crippen LogP contribution in [0.4, 0.5) is 5.82 Å². The topological polar surface area (TPSA) is 65.9 Å². The number of nitrogens with zero attached hydrogens (tertiary/aromatic N) is 5. The predicted molar refractivity (Wildman–Crippen MR) is 132 cm³/mol. The van der Waals surface area contributed by atoms with E-state index in [-0.39, 0.29) is 1.43 Å². The number of hydrogen-bond donors (Lipinski definition) is 1. The number of hydrogen-bond acceptors (Lipinski definition) is 6. The average Bonchev–Trinajstić information content (AvgIpc) is 2.83. The van der Waals surface area contributed by atoms with Crippen molar-refractivity contribution in [3.8, 4) is 5.75 Å². The first-order valence-corrected chi connectivity index (χ1v) is 11.4. The Balaban J connectivity index is 0.000000672. The third-order valence-electron chi connectivity index (χ3n) is 5.19. The summed E-state index contributed by atoms with van der Waals surface area (Å²) in [7, 11) is 0. The number of aryl methyl sites for hydroxylation is 1. The van der Waals surface area contributed by atoms with Gasteiger partial charge in [-0.15, -0.1) is 0 Å². The maximum atomic E-state index is 5.69. The van der Waals surface area contributed by atoms with Crippen molar-refractivity contribution in [1.82, 2.24) is 20.3 Å². The molecule has 1 N–H and O–H groups in total. The smallest absolute Gasteiger partial charge is 0.189 e. The average molecular weight is 443 g/mol. The molecule has 0 aliphatic carbocycles. The van der Waals surface area contributed by atoms with Crippen LogP contribution < -0.4 is 15.1 Å². The van der Waals surface area contributed by atoms with Crippen LogP contribution in [0.25, 0.3) is 0 Å². The van der Waals surface area contributed by atoms with Crippen molar-refractivity contribution in [2.45, 2.75) is 40.0 Å². The number of rotatable bonds is 3. The molecule has 1 fully saturated rings. The number of pyridine rings is 2. The second-order valence-corrected chi connectivity index (χ2v) is 7.98. The minimum atomic E-state index is 0. The largest absolute Gasteiger partial charge is 0.491 e. The SMILES string of the molecule is CCCC.Cc1cnc2c(c1)OCC/C2=N/NC(=S)N1CCN(c2ccccn2)CC1.[HH]. The monoisotopic (exact) mass is 442 g/mol. The Kier molecular flexibility index (Phi) is 8.58. The molecule has 4 heterocycles. The molecule has 0 radical (unpaired) electrons. The summed E-state index contributed by atoms with van der Waals surface area (Å²) in [6.45, 7) is 10.4. The highest BCUT2D eigenvalue weighted by atomic mass is 32.1. The number of unbranched alkanes of at least 4 members (excludes halogenated alkanes) is 1. The number of anilines is 1. The normalized spacial score (nSPS) is 16.7. The van der Waals surface area contributed by atoms with Crippen molar-refractivity contribution in [1.29, 1.82) is 0 Å². The van der Waals surface area contributed by atoms with Gasteiger partial charge in [0.25, 0.3) is 0 Å². The first kappa shape index (κ1) is 22.9. The molecule has 31 heavy (non-hydrogen) atoms. The zero-order valence-corrected chi connectivity index (χ0v) is 19.5. The Morgan fingerprint density at radius 3 is 2.65 bits per heavy atom. The van der Waals surface area contributed by atoms with Crippen molar-refractivity contribution in [2.24, 2.45) is 5.10 Å². The number of piperazine rings is 1. The zero-order chi connectivity index (χ0) is 22.1. The summed E-state index contributed by atoms with van der Waals surface area (Å²) in [5.74, 6) is 1.80. The van der Waals surface area contributed by atoms with Crippen molar-refractivity contribution < 1.29 is 6.16 Å². The first-order chi connectivity index (χ1) is 15.1. The third kappa shape index (κ3) is 6.37. The highest BCUT2D eigenvalue weighted by molar-refractivity contribution is 7.80. The molecule has 0 saturated carbocycles. The van der Waals surface area contributed by atoms with Gasteiger partial charge in [0.15, 0.2) is 5.11 Å². The van der Waals surface area contributed by atoms with Crippen LogP contribution >= 0.6 is 12.2 Å². The minimum Gasteiger partial charge on any atom is -0.491 e. The van der Waals surface area contributed by atoms with Crippen LogP contribution in [0.3, 0.4) is 0 Å². The number of nitrogens with one attached hydrogen (secondary N) is 1. The van der Waals surface area contributed by atoms with Gasteiger partial charge in [0.2, 0.25) is 0 Å². The van der Waals surface area contributed by atoms with Crippen LogP contribution in [0, 0.1) is 6.92 Å². The Morgan fingerprint density at radius 1 is 1.19 bits per heavy atom. The number of thiocarbonyl (C=S) groups is 1. The van der Waals surface area contributed by atoms with Crippen molar-refractivity contribution in [3.05, 3.63) is 47.9 Å². The van der Waals surface area contributed by atoms with Gasteiger partial charge in [0, 0.05) is 46.4 Å². The van der Waals surface area contributed by atoms with Gasteiger partial charge in [-0.3, -0.25) is 10.4 Å². The van der Waals surface area contributed by atoms with Crippen LogP contribution in [-0.4, -0.2) is 58.5 Å². The predicted octanol–water partition coefficient (Wildman–Crippen LogP) is 4.02. The Labute approximate surface area is 192 Å². The molecule has 0 spiro atoms. The van der Waals surface area contributed by atoms with E-state index in [0.717, 1.165) is 54.7 Å². The third-order valence-corrected chi connectivity index (χ3v) is 5.54. The molecule has 7 nitrogen and oxygen atoms in total. The fraction of sp³-hybridized carbons (Fsp3) is 0.478. The van der Waals surface area contributed by atoms with Crippen molar-refractivity contribution >= 4 is 28.9 Å². The lowest BCUT2D eigenvalue weighted by Gasteiger charge is -2.36. The van der Waals surface area contributed by atoms with Crippen molar-refractivity contribution in [2.75, 3.05) is 37.7 Å². The van der Waals surface area contributed by atoms with Gasteiger partial charge in [0.1, 0.15) is 17.3 Å². The number of aromatic nitrogens is 2. The van der Waals surface area contributed by atoms with E-state index in [9.17, 15) is 0 Å². The second kappa shape index (κ2) is 11.6. The van der Waals surface area contributed by atoms with Crippen LogP contribution in [0.15, 0.2) is 41.8 Å². The minimum absolute atomic E-state index is 0. The van der Waals surface area contributed by atoms with Gasteiger partial charge >= 0.3 is 0 Å². The number of hydrazone groups is 1. The van der Waals surface area contributed by atoms with E-state index in [1.54, 1.807) is 0 Å². The van der Waals surface area contributed by atoms with Gasteiger partial charge in [-0.05, 0) is 42.9 Å². The maximum absolute atomic E-state index is 5.69. The fourth-order valence-corrected chi connectivity index (χ4v) is 3.45. The molecule has 0 aromatic carbocycles. The molecule has 2 aromatic rings. The summed E-state index contributed by atoms with van der Waals surface area (Å²) < 4.78 is 5.69. The molecule has 2 aromatic heterocycles. The van der Waals surface area contributed by atoms with E-state index in [2.05, 4.69) is 44.1 Å². The van der Waals surface area contributed by atoms with E-state index < -0.39 is 0 Å². The quantitative estimate of drug-likeness (QED) is 0.569. The summed E-state index contributed by atoms with van der Waals surface area (Å²) in [5.41, 5.74) is 5.80. The molecule has 168 valence electrons. The van der Waals surface area contributed by atoms with E-state index in [1.165, 1.54) is 12.8 Å². The highest BCUT2D eigenvalue weighted by Gasteiger charge is 2.21. The summed E-state index contributed by atoms with van der Waals surface area (Å²) in [6.07, 6.45) is 7.01. The van der Waals surface area contributed by atoms with Gasteiger partial charge in [-0.25, -0.2) is 4.98 Å². The highest BCUT2D eigenvalue weighted by Crippen LogP contribution is 2.23. The Morgan fingerprint density at radius 2 is 1.97 bits per heavy atom. The molecule has 1 saturated heterocycles. The van der Waals surface area contributed by atoms with Crippen LogP contribution in [-0.2, 0) is 0 Å². The van der Waals surface area contributed by atoms with E-state index in [4.69, 9.17) is 17.0 Å². The molecule has 0 atom stereocenters. The van der Waals surface area contributed by atoms with Crippen molar-refractivity contribution in [3.63, 3.8) is 0 Å². The number of fused-ring (bicyclic) bond motifs is 1. The second-order valence-electron chi connectivity index (χ2n) is 7.60. The van der Waals surface area contributed by atoms with Gasteiger partial charge in [-0.1, -0.05) is 32.8 Å². The van der Waals surface area contributed by atoms with Gasteiger partial charge in [0.05, 0.1) is 12.3 Å². The Hall–Kier alpha value is -2.74. The maximum Gasteiger partial charge on any atom is 0.189 e. The summed E-state index contributed by atoms with van der Waals surface area (Å²) in [6, 6.07) is 7.97. The summed E-state index contributed by atoms with van der Waals surface area (Å²) >= 11 is 5.54. The Bertz CT molecular complexity index is 885. The summed E-state index contributed by atoms with van der Waals surface area (Å²) in [4.78, 5) is 13.3. The first-order valence-electron chi connectivity index (χ1n) is 11.0. The lowest BCUT2D eigenvalue weighted by atomic mass is 10.1. The summed E-state index contributed by atoms with van der Waals surface area (Å²) in [5, 5.41) is 5.16. The molecule has 2 aliphatic rings. The molecule has 2 aliphatic heterocycles. The molecule has 8 heteroatoms.